The first kappa shape index (κ1) is 17.6. The first-order chi connectivity index (χ1) is 12.0. The highest BCUT2D eigenvalue weighted by atomic mass is 35.5. The molecule has 0 unspecified atom stereocenters. The third kappa shape index (κ3) is 4.27. The third-order valence-corrected chi connectivity index (χ3v) is 4.71. The van der Waals surface area contributed by atoms with Crippen LogP contribution in [-0.4, -0.2) is 23.6 Å². The number of nitro groups is 1. The van der Waals surface area contributed by atoms with Crippen molar-refractivity contribution >= 4 is 17.3 Å². The van der Waals surface area contributed by atoms with E-state index in [9.17, 15) is 14.5 Å². The van der Waals surface area contributed by atoms with Gasteiger partial charge in [0.1, 0.15) is 17.2 Å². The van der Waals surface area contributed by atoms with Crippen LogP contribution < -0.4 is 10.1 Å². The number of nitro benzene ring substituents is 1. The number of nitrogens with zero attached hydrogens (tertiary/aromatic N) is 1. The molecule has 0 atom stereocenters. The zero-order valence-electron chi connectivity index (χ0n) is 13.5. The van der Waals surface area contributed by atoms with Gasteiger partial charge in [-0.1, -0.05) is 17.7 Å². The molecule has 3 rings (SSSR count). The van der Waals surface area contributed by atoms with Crippen molar-refractivity contribution in [3.8, 4) is 5.75 Å². The van der Waals surface area contributed by atoms with Gasteiger partial charge in [0.05, 0.1) is 9.95 Å². The second kappa shape index (κ2) is 7.37. The van der Waals surface area contributed by atoms with E-state index in [1.54, 1.807) is 24.3 Å². The number of hydrogen-bond acceptors (Lipinski definition) is 4. The van der Waals surface area contributed by atoms with E-state index in [0.29, 0.717) is 12.2 Å². The minimum atomic E-state index is -0.484. The summed E-state index contributed by atoms with van der Waals surface area (Å²) >= 11 is 5.76. The quantitative estimate of drug-likeness (QED) is 0.640. The Morgan fingerprint density at radius 3 is 2.48 bits per heavy atom. The molecule has 25 heavy (non-hydrogen) atoms. The van der Waals surface area contributed by atoms with Gasteiger partial charge in [0.25, 0.3) is 5.69 Å². The summed E-state index contributed by atoms with van der Waals surface area (Å²) in [7, 11) is 0. The van der Waals surface area contributed by atoms with Crippen LogP contribution in [0.2, 0.25) is 5.02 Å². The van der Waals surface area contributed by atoms with E-state index in [4.69, 9.17) is 16.3 Å². The smallest absolute Gasteiger partial charge is 0.269 e. The lowest BCUT2D eigenvalue weighted by atomic mass is 9.85. The highest BCUT2D eigenvalue weighted by Gasteiger charge is 2.34. The monoisotopic (exact) mass is 364 g/mol. The van der Waals surface area contributed by atoms with Gasteiger partial charge < -0.3 is 10.1 Å². The third-order valence-electron chi connectivity index (χ3n) is 4.41. The van der Waals surface area contributed by atoms with E-state index in [1.165, 1.54) is 18.2 Å². The van der Waals surface area contributed by atoms with Crippen LogP contribution in [0.3, 0.4) is 0 Å². The number of halogens is 2. The summed E-state index contributed by atoms with van der Waals surface area (Å²) in [6.45, 7) is 1.59. The minimum Gasteiger partial charge on any atom is -0.487 e. The Morgan fingerprint density at radius 2 is 1.88 bits per heavy atom. The summed E-state index contributed by atoms with van der Waals surface area (Å²) in [5, 5.41) is 14.2. The standard InChI is InChI=1S/C18H18ClFN2O3/c19-16-6-1-13(11-17(16)20)12-18(7-9-21-10-8-18)25-15-4-2-14(3-5-15)22(23)24/h1-6,11,21H,7-10,12H2. The Labute approximate surface area is 149 Å². The highest BCUT2D eigenvalue weighted by molar-refractivity contribution is 6.30. The summed E-state index contributed by atoms with van der Waals surface area (Å²) in [4.78, 5) is 10.3. The number of non-ortho nitro benzene ring substituents is 1. The fourth-order valence-corrected chi connectivity index (χ4v) is 3.22. The molecule has 0 saturated carbocycles. The normalized spacial score (nSPS) is 16.4. The maximum atomic E-state index is 13.8. The van der Waals surface area contributed by atoms with Crippen molar-refractivity contribution in [1.29, 1.82) is 0 Å². The molecule has 132 valence electrons. The predicted molar refractivity (Wildman–Crippen MR) is 93.7 cm³/mol. The zero-order chi connectivity index (χ0) is 17.9. The maximum absolute atomic E-state index is 13.8. The van der Waals surface area contributed by atoms with Crippen LogP contribution in [-0.2, 0) is 6.42 Å². The van der Waals surface area contributed by atoms with Crippen LogP contribution in [0, 0.1) is 15.9 Å². The number of hydrogen-bond donors (Lipinski definition) is 1. The largest absolute Gasteiger partial charge is 0.487 e. The molecule has 0 radical (unpaired) electrons. The van der Waals surface area contributed by atoms with Crippen LogP contribution in [0.4, 0.5) is 10.1 Å². The summed E-state index contributed by atoms with van der Waals surface area (Å²) < 4.78 is 20.0. The Morgan fingerprint density at radius 1 is 1.20 bits per heavy atom. The molecule has 1 heterocycles. The molecule has 1 N–H and O–H groups in total. The topological polar surface area (TPSA) is 64.4 Å². The lowest BCUT2D eigenvalue weighted by molar-refractivity contribution is -0.384. The van der Waals surface area contributed by atoms with Gasteiger partial charge >= 0.3 is 0 Å². The molecule has 1 fully saturated rings. The van der Waals surface area contributed by atoms with Crippen molar-refractivity contribution in [2.24, 2.45) is 0 Å². The molecule has 0 bridgehead atoms. The van der Waals surface area contributed by atoms with Crippen molar-refractivity contribution in [3.05, 3.63) is 69.0 Å². The van der Waals surface area contributed by atoms with Gasteiger partial charge in [0, 0.05) is 18.6 Å². The molecular formula is C18H18ClFN2O3. The second-order valence-corrected chi connectivity index (χ2v) is 6.62. The molecule has 1 aliphatic heterocycles. The van der Waals surface area contributed by atoms with Gasteiger partial charge in [0.2, 0.25) is 0 Å². The van der Waals surface area contributed by atoms with E-state index in [-0.39, 0.29) is 10.7 Å². The Hall–Kier alpha value is -2.18. The average Bonchev–Trinajstić information content (AvgIpc) is 2.59. The van der Waals surface area contributed by atoms with Gasteiger partial charge in [-0.15, -0.1) is 0 Å². The lowest BCUT2D eigenvalue weighted by Gasteiger charge is -2.38. The molecule has 0 aromatic heterocycles. The van der Waals surface area contributed by atoms with Crippen LogP contribution in [0.5, 0.6) is 5.75 Å². The fourth-order valence-electron chi connectivity index (χ4n) is 3.10. The van der Waals surface area contributed by atoms with Crippen LogP contribution in [0.15, 0.2) is 42.5 Å². The first-order valence-electron chi connectivity index (χ1n) is 8.06. The molecule has 1 saturated heterocycles. The minimum absolute atomic E-state index is 0.0199. The predicted octanol–water partition coefficient (Wildman–Crippen LogP) is 4.13. The van der Waals surface area contributed by atoms with Crippen LogP contribution in [0.1, 0.15) is 18.4 Å². The van der Waals surface area contributed by atoms with E-state index in [1.807, 2.05) is 0 Å². The Kier molecular flexibility index (Phi) is 5.20. The fraction of sp³-hybridized carbons (Fsp3) is 0.333. The van der Waals surface area contributed by atoms with E-state index >= 15 is 0 Å². The number of nitrogens with one attached hydrogen (secondary N) is 1. The van der Waals surface area contributed by atoms with Gasteiger partial charge in [-0.05, 0) is 55.8 Å². The second-order valence-electron chi connectivity index (χ2n) is 6.21. The molecule has 0 spiro atoms. The van der Waals surface area contributed by atoms with Crippen molar-refractivity contribution in [1.82, 2.24) is 5.32 Å². The number of rotatable bonds is 5. The molecule has 7 heteroatoms. The number of benzene rings is 2. The van der Waals surface area contributed by atoms with Gasteiger partial charge in [0.15, 0.2) is 0 Å². The van der Waals surface area contributed by atoms with Gasteiger partial charge in [-0.3, -0.25) is 10.1 Å². The van der Waals surface area contributed by atoms with Crippen molar-refractivity contribution in [2.45, 2.75) is 24.9 Å². The average molecular weight is 365 g/mol. The van der Waals surface area contributed by atoms with Crippen molar-refractivity contribution in [3.63, 3.8) is 0 Å². The van der Waals surface area contributed by atoms with E-state index in [2.05, 4.69) is 5.32 Å². The first-order valence-corrected chi connectivity index (χ1v) is 8.43. The zero-order valence-corrected chi connectivity index (χ0v) is 14.3. The molecule has 5 nitrogen and oxygen atoms in total. The summed E-state index contributed by atoms with van der Waals surface area (Å²) in [5.74, 6) is 0.125. The summed E-state index contributed by atoms with van der Waals surface area (Å²) in [6.07, 6.45) is 2.06. The van der Waals surface area contributed by atoms with Crippen LogP contribution >= 0.6 is 11.6 Å². The Balaban J connectivity index is 1.82. The van der Waals surface area contributed by atoms with Crippen LogP contribution in [0.25, 0.3) is 0 Å². The van der Waals surface area contributed by atoms with Gasteiger partial charge in [-0.25, -0.2) is 4.39 Å². The number of ether oxygens (including phenoxy) is 1. The highest BCUT2D eigenvalue weighted by Crippen LogP contribution is 2.31. The molecule has 0 aliphatic carbocycles. The van der Waals surface area contributed by atoms with Crippen molar-refractivity contribution in [2.75, 3.05) is 13.1 Å². The molecule has 1 aliphatic rings. The molecule has 0 amide bonds. The lowest BCUT2D eigenvalue weighted by Crippen LogP contribution is -2.48. The molecule has 2 aromatic rings. The SMILES string of the molecule is O=[N+]([O-])c1ccc(OC2(Cc3ccc(Cl)c(F)c3)CCNCC2)cc1. The maximum Gasteiger partial charge on any atom is 0.269 e. The number of piperidine rings is 1. The van der Waals surface area contributed by atoms with E-state index in [0.717, 1.165) is 31.5 Å². The van der Waals surface area contributed by atoms with Gasteiger partial charge in [-0.2, -0.15) is 0 Å². The summed E-state index contributed by atoms with van der Waals surface area (Å²) in [5.41, 5.74) is 0.346. The van der Waals surface area contributed by atoms with Crippen molar-refractivity contribution < 1.29 is 14.1 Å². The molecular weight excluding hydrogens is 347 g/mol. The summed E-state index contributed by atoms with van der Waals surface area (Å²) in [6, 6.07) is 10.8. The Bertz CT molecular complexity index is 761. The van der Waals surface area contributed by atoms with E-state index < -0.39 is 16.3 Å². The molecule has 2 aromatic carbocycles.